The van der Waals surface area contributed by atoms with Crippen LogP contribution in [-0.2, 0) is 22.5 Å². The molecule has 0 aliphatic carbocycles. The van der Waals surface area contributed by atoms with Gasteiger partial charge in [0.05, 0.1) is 11.1 Å². The summed E-state index contributed by atoms with van der Waals surface area (Å²) in [5, 5.41) is 10.0. The summed E-state index contributed by atoms with van der Waals surface area (Å²) >= 11 is 0. The van der Waals surface area contributed by atoms with E-state index in [1.807, 2.05) is 18.2 Å². The van der Waals surface area contributed by atoms with E-state index in [1.165, 1.54) is 7.11 Å². The number of carboxylic acid groups (broad SMARTS) is 1. The first-order valence-electron chi connectivity index (χ1n) is 6.04. The molecule has 0 saturated heterocycles. The van der Waals surface area contributed by atoms with Crippen molar-refractivity contribution in [1.29, 1.82) is 0 Å². The molecule has 1 aliphatic rings. The molecule has 1 aromatic heterocycles. The highest BCUT2D eigenvalue weighted by Gasteiger charge is 2.26. The quantitative estimate of drug-likeness (QED) is 0.902. The first-order valence-corrected chi connectivity index (χ1v) is 6.04. The predicted molar refractivity (Wildman–Crippen MR) is 69.3 cm³/mol. The van der Waals surface area contributed by atoms with E-state index in [0.717, 1.165) is 22.9 Å². The zero-order chi connectivity index (χ0) is 13.6. The number of hydrogen-bond donors (Lipinski definition) is 1. The molecule has 2 aromatic rings. The maximum atomic E-state index is 12.4. The van der Waals surface area contributed by atoms with Crippen LogP contribution in [0.1, 0.15) is 17.2 Å². The minimum atomic E-state index is -1.22. The standard InChI is InChI=1S/C14H13NO4/c1-19-12(14(17)18)10-7-9-4-2-3-8-5-6-15(11(8)9)13(10)16/h2-4,7,12H,5-6H2,1H3,(H,17,18)/t12-/m1/s1. The largest absolute Gasteiger partial charge is 0.479 e. The molecule has 1 aromatic carbocycles. The molecule has 0 unspecified atom stereocenters. The van der Waals surface area contributed by atoms with Crippen LogP contribution in [-0.4, -0.2) is 22.8 Å². The fourth-order valence-corrected chi connectivity index (χ4v) is 2.74. The number of aromatic nitrogens is 1. The minimum Gasteiger partial charge on any atom is -0.479 e. The third kappa shape index (κ3) is 1.66. The van der Waals surface area contributed by atoms with Gasteiger partial charge in [-0.2, -0.15) is 0 Å². The van der Waals surface area contributed by atoms with Crippen LogP contribution >= 0.6 is 0 Å². The van der Waals surface area contributed by atoms with Gasteiger partial charge in [0.25, 0.3) is 5.56 Å². The molecule has 0 bridgehead atoms. The number of benzene rings is 1. The van der Waals surface area contributed by atoms with Crippen molar-refractivity contribution in [2.45, 2.75) is 19.1 Å². The molecule has 0 fully saturated rings. The van der Waals surface area contributed by atoms with Crippen molar-refractivity contribution in [1.82, 2.24) is 4.57 Å². The zero-order valence-corrected chi connectivity index (χ0v) is 10.4. The first kappa shape index (κ1) is 11.9. The highest BCUT2D eigenvalue weighted by atomic mass is 16.5. The second-order valence-electron chi connectivity index (χ2n) is 4.62. The number of nitrogens with zero attached hydrogens (tertiary/aromatic N) is 1. The Morgan fingerprint density at radius 2 is 2.26 bits per heavy atom. The fraction of sp³-hybridized carbons (Fsp3) is 0.286. The smallest absolute Gasteiger partial charge is 0.337 e. The summed E-state index contributed by atoms with van der Waals surface area (Å²) in [6.07, 6.45) is -0.411. The van der Waals surface area contributed by atoms with Crippen LogP contribution < -0.4 is 5.56 Å². The Bertz CT molecular complexity index is 732. The Labute approximate surface area is 109 Å². The van der Waals surface area contributed by atoms with Gasteiger partial charge in [0.15, 0.2) is 6.10 Å². The lowest BCUT2D eigenvalue weighted by Gasteiger charge is -2.13. The number of carbonyl (C=O) groups is 1. The summed E-state index contributed by atoms with van der Waals surface area (Å²) in [5.74, 6) is -1.15. The number of para-hydroxylation sites is 1. The van der Waals surface area contributed by atoms with E-state index in [1.54, 1.807) is 10.6 Å². The fourth-order valence-electron chi connectivity index (χ4n) is 2.74. The topological polar surface area (TPSA) is 68.5 Å². The number of pyridine rings is 1. The molecule has 2 heterocycles. The van der Waals surface area contributed by atoms with Crippen LogP contribution in [0.5, 0.6) is 0 Å². The summed E-state index contributed by atoms with van der Waals surface area (Å²) in [7, 11) is 1.29. The van der Waals surface area contributed by atoms with Crippen LogP contribution in [0.2, 0.25) is 0 Å². The van der Waals surface area contributed by atoms with Crippen LogP contribution in [0.25, 0.3) is 10.9 Å². The van der Waals surface area contributed by atoms with Crippen molar-refractivity contribution in [3.8, 4) is 0 Å². The maximum absolute atomic E-state index is 12.4. The molecular formula is C14H13NO4. The molecule has 0 amide bonds. The number of hydrogen-bond acceptors (Lipinski definition) is 3. The van der Waals surface area contributed by atoms with E-state index in [2.05, 4.69) is 0 Å². The van der Waals surface area contributed by atoms with E-state index >= 15 is 0 Å². The van der Waals surface area contributed by atoms with Crippen LogP contribution in [0.15, 0.2) is 29.1 Å². The number of ether oxygens (including phenoxy) is 1. The molecule has 98 valence electrons. The third-order valence-corrected chi connectivity index (χ3v) is 3.57. The monoisotopic (exact) mass is 259 g/mol. The average molecular weight is 259 g/mol. The van der Waals surface area contributed by atoms with Gasteiger partial charge >= 0.3 is 5.97 Å². The van der Waals surface area contributed by atoms with E-state index in [9.17, 15) is 9.59 Å². The minimum absolute atomic E-state index is 0.182. The van der Waals surface area contributed by atoms with Gasteiger partial charge < -0.3 is 14.4 Å². The zero-order valence-electron chi connectivity index (χ0n) is 10.4. The highest BCUT2D eigenvalue weighted by molar-refractivity contribution is 5.85. The first-order chi connectivity index (χ1) is 9.13. The van der Waals surface area contributed by atoms with Gasteiger partial charge in [-0.3, -0.25) is 4.79 Å². The third-order valence-electron chi connectivity index (χ3n) is 3.57. The highest BCUT2D eigenvalue weighted by Crippen LogP contribution is 2.26. The van der Waals surface area contributed by atoms with Crippen LogP contribution in [0.4, 0.5) is 0 Å². The lowest BCUT2D eigenvalue weighted by atomic mass is 10.1. The van der Waals surface area contributed by atoms with Crippen molar-refractivity contribution < 1.29 is 14.6 Å². The summed E-state index contributed by atoms with van der Waals surface area (Å²) < 4.78 is 6.58. The molecule has 1 aliphatic heterocycles. The van der Waals surface area contributed by atoms with Crippen LogP contribution in [0, 0.1) is 0 Å². The lowest BCUT2D eigenvalue weighted by Crippen LogP contribution is -2.28. The van der Waals surface area contributed by atoms with Gasteiger partial charge in [0.1, 0.15) is 0 Å². The van der Waals surface area contributed by atoms with E-state index in [0.29, 0.717) is 6.54 Å². The molecule has 0 radical (unpaired) electrons. The molecule has 19 heavy (non-hydrogen) atoms. The van der Waals surface area contributed by atoms with Gasteiger partial charge in [0, 0.05) is 13.7 Å². The Kier molecular flexibility index (Phi) is 2.64. The number of aliphatic carboxylic acids is 1. The lowest BCUT2D eigenvalue weighted by molar-refractivity contribution is -0.149. The van der Waals surface area contributed by atoms with E-state index < -0.39 is 12.1 Å². The number of aryl methyl sites for hydroxylation is 2. The van der Waals surface area contributed by atoms with Crippen molar-refractivity contribution in [3.63, 3.8) is 0 Å². The van der Waals surface area contributed by atoms with Gasteiger partial charge in [0.2, 0.25) is 0 Å². The number of methoxy groups -OCH3 is 1. The summed E-state index contributed by atoms with van der Waals surface area (Å²) in [5.41, 5.74) is 1.95. The number of rotatable bonds is 3. The summed E-state index contributed by atoms with van der Waals surface area (Å²) in [6.45, 7) is 0.596. The van der Waals surface area contributed by atoms with Crippen molar-refractivity contribution in [3.05, 3.63) is 45.7 Å². The molecule has 3 rings (SSSR count). The molecular weight excluding hydrogens is 246 g/mol. The normalized spacial score (nSPS) is 14.8. The molecule has 1 N–H and O–H groups in total. The maximum Gasteiger partial charge on any atom is 0.337 e. The Morgan fingerprint density at radius 1 is 1.47 bits per heavy atom. The number of carboxylic acids is 1. The average Bonchev–Trinajstić information content (AvgIpc) is 2.81. The van der Waals surface area contributed by atoms with E-state index in [4.69, 9.17) is 9.84 Å². The van der Waals surface area contributed by atoms with Gasteiger partial charge in [-0.25, -0.2) is 4.79 Å². The van der Waals surface area contributed by atoms with Gasteiger partial charge in [-0.05, 0) is 23.4 Å². The summed E-state index contributed by atoms with van der Waals surface area (Å²) in [6, 6.07) is 7.43. The van der Waals surface area contributed by atoms with Crippen LogP contribution in [0.3, 0.4) is 0 Å². The second kappa shape index (κ2) is 4.20. The Morgan fingerprint density at radius 3 is 2.95 bits per heavy atom. The van der Waals surface area contributed by atoms with Crippen molar-refractivity contribution in [2.24, 2.45) is 0 Å². The van der Waals surface area contributed by atoms with E-state index in [-0.39, 0.29) is 11.1 Å². The van der Waals surface area contributed by atoms with Crippen molar-refractivity contribution in [2.75, 3.05) is 7.11 Å². The second-order valence-corrected chi connectivity index (χ2v) is 4.62. The van der Waals surface area contributed by atoms with Gasteiger partial charge in [-0.1, -0.05) is 18.2 Å². The molecule has 5 heteroatoms. The Hall–Kier alpha value is -2.14. The SMILES string of the molecule is CO[C@@H](C(=O)O)c1cc2cccc3c2n(c1=O)CC3. The molecule has 5 nitrogen and oxygen atoms in total. The molecule has 1 atom stereocenters. The van der Waals surface area contributed by atoms with Gasteiger partial charge in [-0.15, -0.1) is 0 Å². The van der Waals surface area contributed by atoms with Crippen molar-refractivity contribution >= 4 is 16.9 Å². The Balaban J connectivity index is 2.33. The molecule has 0 spiro atoms. The summed E-state index contributed by atoms with van der Waals surface area (Å²) in [4.78, 5) is 23.5. The molecule has 0 saturated carbocycles. The predicted octanol–water partition coefficient (Wildman–Crippen LogP) is 1.33.